The second-order valence-corrected chi connectivity index (χ2v) is 5.92. The zero-order valence-electron chi connectivity index (χ0n) is 15.0. The van der Waals surface area contributed by atoms with E-state index in [4.69, 9.17) is 9.47 Å². The third-order valence-corrected chi connectivity index (χ3v) is 4.16. The fourth-order valence-electron chi connectivity index (χ4n) is 2.81. The maximum Gasteiger partial charge on any atom is 0.319 e. The van der Waals surface area contributed by atoms with Gasteiger partial charge in [-0.3, -0.25) is 0 Å². The molecule has 2 heterocycles. The average molecular weight is 357 g/mol. The van der Waals surface area contributed by atoms with Gasteiger partial charge in [-0.1, -0.05) is 0 Å². The molecule has 1 aromatic carbocycles. The molecule has 1 saturated heterocycles. The maximum atomic E-state index is 12.1. The van der Waals surface area contributed by atoms with Gasteiger partial charge >= 0.3 is 6.03 Å². The highest BCUT2D eigenvalue weighted by molar-refractivity contribution is 5.89. The fraction of sp³-hybridized carbons (Fsp3) is 0.389. The zero-order chi connectivity index (χ0) is 18.4. The number of amides is 2. The predicted octanol–water partition coefficient (Wildman–Crippen LogP) is 2.42. The molecule has 0 aliphatic carbocycles. The maximum absolute atomic E-state index is 12.1. The van der Waals surface area contributed by atoms with E-state index in [0.717, 1.165) is 24.7 Å². The Morgan fingerprint density at radius 2 is 1.92 bits per heavy atom. The second kappa shape index (κ2) is 8.37. The Hall–Kier alpha value is -3.03. The molecule has 8 nitrogen and oxygen atoms in total. The van der Waals surface area contributed by atoms with Crippen LogP contribution in [0.5, 0.6) is 11.5 Å². The highest BCUT2D eigenvalue weighted by Crippen LogP contribution is 2.29. The topological polar surface area (TPSA) is 88.6 Å². The number of hydrogen-bond acceptors (Lipinski definition) is 6. The van der Waals surface area contributed by atoms with Gasteiger partial charge in [0.2, 0.25) is 5.95 Å². The molecule has 2 aromatic rings. The number of ether oxygens (including phenoxy) is 2. The van der Waals surface area contributed by atoms with Crippen molar-refractivity contribution < 1.29 is 14.3 Å². The highest BCUT2D eigenvalue weighted by atomic mass is 16.5. The minimum atomic E-state index is -0.321. The molecule has 138 valence electrons. The molecule has 1 aromatic heterocycles. The number of carbonyl (C=O) groups is 1. The lowest BCUT2D eigenvalue weighted by molar-refractivity contribution is 0.251. The average Bonchev–Trinajstić information content (AvgIpc) is 3.21. The normalized spacial score (nSPS) is 13.4. The third kappa shape index (κ3) is 4.33. The number of rotatable bonds is 6. The summed E-state index contributed by atoms with van der Waals surface area (Å²) in [5.41, 5.74) is 1.38. The summed E-state index contributed by atoms with van der Waals surface area (Å²) in [7, 11) is 3.12. The van der Waals surface area contributed by atoms with Gasteiger partial charge in [0.25, 0.3) is 0 Å². The Kier molecular flexibility index (Phi) is 5.73. The summed E-state index contributed by atoms with van der Waals surface area (Å²) in [4.78, 5) is 23.1. The number of anilines is 2. The number of urea groups is 1. The van der Waals surface area contributed by atoms with Crippen molar-refractivity contribution in [1.29, 1.82) is 0 Å². The van der Waals surface area contributed by atoms with Gasteiger partial charge in [0.05, 0.1) is 26.5 Å². The highest BCUT2D eigenvalue weighted by Gasteiger charge is 2.15. The molecule has 0 saturated carbocycles. The van der Waals surface area contributed by atoms with Gasteiger partial charge in [0.1, 0.15) is 0 Å². The summed E-state index contributed by atoms with van der Waals surface area (Å²) < 4.78 is 10.4. The first-order chi connectivity index (χ1) is 12.7. The van der Waals surface area contributed by atoms with Crippen LogP contribution in [0.3, 0.4) is 0 Å². The van der Waals surface area contributed by atoms with E-state index in [-0.39, 0.29) is 6.03 Å². The van der Waals surface area contributed by atoms with E-state index in [1.807, 2.05) is 0 Å². The molecule has 8 heteroatoms. The van der Waals surface area contributed by atoms with Crippen molar-refractivity contribution in [3.63, 3.8) is 0 Å². The first-order valence-electron chi connectivity index (χ1n) is 8.53. The van der Waals surface area contributed by atoms with E-state index in [1.165, 1.54) is 12.8 Å². The van der Waals surface area contributed by atoms with Crippen LogP contribution in [0.4, 0.5) is 16.4 Å². The van der Waals surface area contributed by atoms with Gasteiger partial charge in [-0.2, -0.15) is 0 Å². The van der Waals surface area contributed by atoms with Crippen LogP contribution in [0.25, 0.3) is 0 Å². The summed E-state index contributed by atoms with van der Waals surface area (Å²) in [6.07, 6.45) is 4.06. The molecule has 0 atom stereocenters. The SMILES string of the molecule is COc1ccc(NC(=O)NCc2ccnc(N3CCCC3)n2)cc1OC. The van der Waals surface area contributed by atoms with Crippen LogP contribution in [0.1, 0.15) is 18.5 Å². The minimum Gasteiger partial charge on any atom is -0.493 e. The van der Waals surface area contributed by atoms with Crippen LogP contribution in [-0.2, 0) is 6.54 Å². The Balaban J connectivity index is 1.56. The van der Waals surface area contributed by atoms with Crippen molar-refractivity contribution in [3.05, 3.63) is 36.2 Å². The van der Waals surface area contributed by atoms with Gasteiger partial charge in [-0.25, -0.2) is 14.8 Å². The van der Waals surface area contributed by atoms with Gasteiger partial charge in [0, 0.05) is 31.0 Å². The molecule has 1 fully saturated rings. The van der Waals surface area contributed by atoms with Crippen LogP contribution >= 0.6 is 0 Å². The van der Waals surface area contributed by atoms with Crippen molar-refractivity contribution in [2.45, 2.75) is 19.4 Å². The predicted molar refractivity (Wildman–Crippen MR) is 98.9 cm³/mol. The zero-order valence-corrected chi connectivity index (χ0v) is 15.0. The number of benzene rings is 1. The Morgan fingerprint density at radius 1 is 1.15 bits per heavy atom. The van der Waals surface area contributed by atoms with Gasteiger partial charge in [0.15, 0.2) is 11.5 Å². The molecule has 0 radical (unpaired) electrons. The van der Waals surface area contributed by atoms with E-state index >= 15 is 0 Å². The summed E-state index contributed by atoms with van der Waals surface area (Å²) in [6.45, 7) is 2.29. The third-order valence-electron chi connectivity index (χ3n) is 4.16. The summed E-state index contributed by atoms with van der Waals surface area (Å²) >= 11 is 0. The van der Waals surface area contributed by atoms with Crippen LogP contribution in [-0.4, -0.2) is 43.3 Å². The summed E-state index contributed by atoms with van der Waals surface area (Å²) in [5, 5.41) is 5.57. The van der Waals surface area contributed by atoms with Crippen molar-refractivity contribution in [2.24, 2.45) is 0 Å². The van der Waals surface area contributed by atoms with Gasteiger partial charge in [-0.05, 0) is 31.0 Å². The molecule has 3 rings (SSSR count). The van der Waals surface area contributed by atoms with Crippen molar-refractivity contribution in [2.75, 3.05) is 37.5 Å². The first-order valence-corrected chi connectivity index (χ1v) is 8.53. The van der Waals surface area contributed by atoms with Gasteiger partial charge in [-0.15, -0.1) is 0 Å². The first kappa shape index (κ1) is 17.8. The number of nitrogens with one attached hydrogen (secondary N) is 2. The number of nitrogens with zero attached hydrogens (tertiary/aromatic N) is 3. The van der Waals surface area contributed by atoms with Crippen LogP contribution in [0.15, 0.2) is 30.5 Å². The van der Waals surface area contributed by atoms with E-state index < -0.39 is 0 Å². The lowest BCUT2D eigenvalue weighted by Crippen LogP contribution is -2.29. The Morgan fingerprint density at radius 3 is 2.65 bits per heavy atom. The quantitative estimate of drug-likeness (QED) is 0.825. The van der Waals surface area contributed by atoms with Gasteiger partial charge < -0.3 is 25.0 Å². The monoisotopic (exact) mass is 357 g/mol. The number of carbonyl (C=O) groups excluding carboxylic acids is 1. The molecular weight excluding hydrogens is 334 g/mol. The van der Waals surface area contributed by atoms with Crippen molar-refractivity contribution >= 4 is 17.7 Å². The lowest BCUT2D eigenvalue weighted by atomic mass is 10.3. The number of methoxy groups -OCH3 is 2. The molecule has 1 aliphatic rings. The van der Waals surface area contributed by atoms with E-state index in [2.05, 4.69) is 25.5 Å². The van der Waals surface area contributed by atoms with E-state index in [1.54, 1.807) is 44.7 Å². The molecule has 2 N–H and O–H groups in total. The van der Waals surface area contributed by atoms with Crippen molar-refractivity contribution in [1.82, 2.24) is 15.3 Å². The molecule has 1 aliphatic heterocycles. The van der Waals surface area contributed by atoms with Crippen LogP contribution in [0, 0.1) is 0 Å². The fourth-order valence-corrected chi connectivity index (χ4v) is 2.81. The molecule has 2 amide bonds. The van der Waals surface area contributed by atoms with Crippen LogP contribution in [0.2, 0.25) is 0 Å². The standard InChI is InChI=1S/C18H23N5O3/c1-25-15-6-5-13(11-16(15)26-2)22-18(24)20-12-14-7-8-19-17(21-14)23-9-3-4-10-23/h5-8,11H,3-4,9-10,12H2,1-2H3,(H2,20,22,24). The molecule has 0 bridgehead atoms. The van der Waals surface area contributed by atoms with E-state index in [9.17, 15) is 4.79 Å². The van der Waals surface area contributed by atoms with E-state index in [0.29, 0.717) is 23.7 Å². The largest absolute Gasteiger partial charge is 0.493 e. The molecule has 26 heavy (non-hydrogen) atoms. The molecular formula is C18H23N5O3. The molecule has 0 spiro atoms. The second-order valence-electron chi connectivity index (χ2n) is 5.92. The summed E-state index contributed by atoms with van der Waals surface area (Å²) in [6, 6.07) is 6.67. The smallest absolute Gasteiger partial charge is 0.319 e. The number of aromatic nitrogens is 2. The Labute approximate surface area is 152 Å². The lowest BCUT2D eigenvalue weighted by Gasteiger charge is -2.15. The summed E-state index contributed by atoms with van der Waals surface area (Å²) in [5.74, 6) is 1.88. The Bertz CT molecular complexity index is 762. The van der Waals surface area contributed by atoms with Crippen LogP contribution < -0.4 is 25.0 Å². The van der Waals surface area contributed by atoms with Crippen molar-refractivity contribution in [3.8, 4) is 11.5 Å². The molecule has 0 unspecified atom stereocenters. The number of hydrogen-bond donors (Lipinski definition) is 2. The minimum absolute atomic E-state index is 0.321.